The lowest BCUT2D eigenvalue weighted by atomic mass is 10.2. The molecule has 0 bridgehead atoms. The summed E-state index contributed by atoms with van der Waals surface area (Å²) >= 11 is 1.27. The SMILES string of the molecule is COc1cc(OC)cc(C(=O)NCC(=O)OCC(=O)c2cccs2)c1. The molecular weight excluding hydrogens is 346 g/mol. The van der Waals surface area contributed by atoms with Crippen LogP contribution >= 0.6 is 11.3 Å². The van der Waals surface area contributed by atoms with E-state index in [4.69, 9.17) is 14.2 Å². The summed E-state index contributed by atoms with van der Waals surface area (Å²) in [6.07, 6.45) is 0. The first kappa shape index (κ1) is 18.5. The maximum Gasteiger partial charge on any atom is 0.325 e. The van der Waals surface area contributed by atoms with Crippen LogP contribution in [0, 0.1) is 0 Å². The van der Waals surface area contributed by atoms with Crippen LogP contribution in [0.1, 0.15) is 20.0 Å². The van der Waals surface area contributed by atoms with Gasteiger partial charge in [-0.1, -0.05) is 6.07 Å². The number of amides is 1. The topological polar surface area (TPSA) is 90.9 Å². The van der Waals surface area contributed by atoms with Gasteiger partial charge < -0.3 is 19.5 Å². The van der Waals surface area contributed by atoms with E-state index in [2.05, 4.69) is 5.32 Å². The zero-order valence-corrected chi connectivity index (χ0v) is 14.6. The maximum atomic E-state index is 12.1. The first-order valence-electron chi connectivity index (χ1n) is 7.27. The molecule has 1 aromatic heterocycles. The van der Waals surface area contributed by atoms with Crippen molar-refractivity contribution in [2.45, 2.75) is 0 Å². The Kier molecular flexibility index (Phi) is 6.53. The molecule has 0 spiro atoms. The number of thiophene rings is 1. The van der Waals surface area contributed by atoms with E-state index in [-0.39, 0.29) is 24.5 Å². The Morgan fingerprint density at radius 3 is 2.32 bits per heavy atom. The molecule has 0 atom stereocenters. The molecular formula is C17H17NO6S. The van der Waals surface area contributed by atoms with Gasteiger partial charge in [-0.25, -0.2) is 0 Å². The van der Waals surface area contributed by atoms with Gasteiger partial charge in [0, 0.05) is 11.6 Å². The normalized spacial score (nSPS) is 10.0. The Morgan fingerprint density at radius 1 is 1.08 bits per heavy atom. The average Bonchev–Trinajstić information content (AvgIpc) is 3.18. The van der Waals surface area contributed by atoms with E-state index in [1.54, 1.807) is 23.6 Å². The summed E-state index contributed by atoms with van der Waals surface area (Å²) in [5.74, 6) is -0.568. The molecule has 1 aromatic carbocycles. The Balaban J connectivity index is 1.85. The molecule has 1 N–H and O–H groups in total. The smallest absolute Gasteiger partial charge is 0.325 e. The van der Waals surface area contributed by atoms with E-state index in [0.29, 0.717) is 16.4 Å². The van der Waals surface area contributed by atoms with Crippen molar-refractivity contribution < 1.29 is 28.6 Å². The molecule has 0 unspecified atom stereocenters. The summed E-state index contributed by atoms with van der Waals surface area (Å²) in [7, 11) is 2.94. The number of hydrogen-bond donors (Lipinski definition) is 1. The number of methoxy groups -OCH3 is 2. The first-order chi connectivity index (χ1) is 12.0. The van der Waals surface area contributed by atoms with Crippen LogP contribution in [0.25, 0.3) is 0 Å². The molecule has 0 aliphatic carbocycles. The maximum absolute atomic E-state index is 12.1. The number of carbonyl (C=O) groups excluding carboxylic acids is 3. The van der Waals surface area contributed by atoms with Crippen molar-refractivity contribution in [3.8, 4) is 11.5 Å². The number of rotatable bonds is 8. The molecule has 2 aromatic rings. The van der Waals surface area contributed by atoms with Gasteiger partial charge in [-0.15, -0.1) is 11.3 Å². The molecule has 132 valence electrons. The van der Waals surface area contributed by atoms with Crippen LogP contribution in [0.3, 0.4) is 0 Å². The summed E-state index contributed by atoms with van der Waals surface area (Å²) < 4.78 is 15.0. The first-order valence-corrected chi connectivity index (χ1v) is 8.15. The van der Waals surface area contributed by atoms with Crippen LogP contribution in [-0.4, -0.2) is 45.0 Å². The number of hydrogen-bond acceptors (Lipinski definition) is 7. The van der Waals surface area contributed by atoms with Crippen molar-refractivity contribution in [3.05, 3.63) is 46.2 Å². The lowest BCUT2D eigenvalue weighted by molar-refractivity contribution is -0.141. The van der Waals surface area contributed by atoms with Crippen molar-refractivity contribution >= 4 is 29.0 Å². The average molecular weight is 363 g/mol. The quantitative estimate of drug-likeness (QED) is 0.569. The van der Waals surface area contributed by atoms with Gasteiger partial charge in [0.05, 0.1) is 19.1 Å². The van der Waals surface area contributed by atoms with Crippen LogP contribution in [-0.2, 0) is 9.53 Å². The van der Waals surface area contributed by atoms with E-state index >= 15 is 0 Å². The summed E-state index contributed by atoms with van der Waals surface area (Å²) in [4.78, 5) is 36.0. The summed E-state index contributed by atoms with van der Waals surface area (Å²) in [5, 5.41) is 4.19. The van der Waals surface area contributed by atoms with Gasteiger partial charge in [-0.3, -0.25) is 14.4 Å². The van der Waals surface area contributed by atoms with Gasteiger partial charge >= 0.3 is 5.97 Å². The Morgan fingerprint density at radius 2 is 1.76 bits per heavy atom. The molecule has 0 saturated carbocycles. The highest BCUT2D eigenvalue weighted by atomic mass is 32.1. The van der Waals surface area contributed by atoms with E-state index in [9.17, 15) is 14.4 Å². The molecule has 0 radical (unpaired) electrons. The van der Waals surface area contributed by atoms with Crippen molar-refractivity contribution in [1.29, 1.82) is 0 Å². The highest BCUT2D eigenvalue weighted by molar-refractivity contribution is 7.12. The fourth-order valence-electron chi connectivity index (χ4n) is 1.90. The van der Waals surface area contributed by atoms with Crippen LogP contribution in [0.15, 0.2) is 35.7 Å². The van der Waals surface area contributed by atoms with Gasteiger partial charge in [-0.2, -0.15) is 0 Å². The minimum absolute atomic E-state index is 0.277. The monoisotopic (exact) mass is 363 g/mol. The fourth-order valence-corrected chi connectivity index (χ4v) is 2.55. The zero-order chi connectivity index (χ0) is 18.2. The predicted octanol–water partition coefficient (Wildman–Crippen LogP) is 1.92. The zero-order valence-electron chi connectivity index (χ0n) is 13.7. The van der Waals surface area contributed by atoms with E-state index in [1.807, 2.05) is 0 Å². The third-order valence-electron chi connectivity index (χ3n) is 3.17. The molecule has 2 rings (SSSR count). The second-order valence-corrected chi connectivity index (χ2v) is 5.79. The van der Waals surface area contributed by atoms with E-state index in [1.165, 1.54) is 37.7 Å². The number of ketones is 1. The number of carbonyl (C=O) groups is 3. The minimum Gasteiger partial charge on any atom is -0.497 e. The molecule has 1 heterocycles. The van der Waals surface area contributed by atoms with Crippen molar-refractivity contribution in [1.82, 2.24) is 5.32 Å². The molecule has 1 amide bonds. The number of esters is 1. The third kappa shape index (κ3) is 5.32. The van der Waals surface area contributed by atoms with E-state index in [0.717, 1.165) is 0 Å². The minimum atomic E-state index is -0.701. The lowest BCUT2D eigenvalue weighted by Gasteiger charge is -2.09. The fraction of sp³-hybridized carbons (Fsp3) is 0.235. The Bertz CT molecular complexity index is 734. The molecule has 7 nitrogen and oxygen atoms in total. The molecule has 0 fully saturated rings. The number of benzene rings is 1. The second kappa shape index (κ2) is 8.84. The van der Waals surface area contributed by atoms with Crippen LogP contribution in [0.2, 0.25) is 0 Å². The molecule has 0 aliphatic heterocycles. The molecule has 0 aliphatic rings. The number of Topliss-reactive ketones (excluding diaryl/α,β-unsaturated/α-hetero) is 1. The Hall–Kier alpha value is -2.87. The molecule has 8 heteroatoms. The highest BCUT2D eigenvalue weighted by Gasteiger charge is 2.14. The summed E-state index contributed by atoms with van der Waals surface area (Å²) in [5.41, 5.74) is 0.277. The summed E-state index contributed by atoms with van der Waals surface area (Å²) in [6.45, 7) is -0.710. The van der Waals surface area contributed by atoms with Crippen LogP contribution < -0.4 is 14.8 Å². The van der Waals surface area contributed by atoms with Gasteiger partial charge in [0.25, 0.3) is 5.91 Å². The van der Waals surface area contributed by atoms with Gasteiger partial charge in [0.2, 0.25) is 5.78 Å². The lowest BCUT2D eigenvalue weighted by Crippen LogP contribution is -2.31. The van der Waals surface area contributed by atoms with Gasteiger partial charge in [0.1, 0.15) is 18.0 Å². The Labute approximate surface area is 148 Å². The van der Waals surface area contributed by atoms with Crippen molar-refractivity contribution in [3.63, 3.8) is 0 Å². The number of nitrogens with one attached hydrogen (secondary N) is 1. The van der Waals surface area contributed by atoms with Crippen molar-refractivity contribution in [2.24, 2.45) is 0 Å². The third-order valence-corrected chi connectivity index (χ3v) is 4.08. The van der Waals surface area contributed by atoms with Gasteiger partial charge in [0.15, 0.2) is 6.61 Å². The molecule has 0 saturated heterocycles. The van der Waals surface area contributed by atoms with Crippen LogP contribution in [0.4, 0.5) is 0 Å². The largest absolute Gasteiger partial charge is 0.497 e. The highest BCUT2D eigenvalue weighted by Crippen LogP contribution is 2.22. The van der Waals surface area contributed by atoms with E-state index < -0.39 is 11.9 Å². The molecule has 25 heavy (non-hydrogen) atoms. The summed E-state index contributed by atoms with van der Waals surface area (Å²) in [6, 6.07) is 8.05. The van der Waals surface area contributed by atoms with Crippen molar-refractivity contribution in [2.75, 3.05) is 27.4 Å². The van der Waals surface area contributed by atoms with Gasteiger partial charge in [-0.05, 0) is 23.6 Å². The van der Waals surface area contributed by atoms with Crippen LogP contribution in [0.5, 0.6) is 11.5 Å². The number of ether oxygens (including phenoxy) is 3. The second-order valence-electron chi connectivity index (χ2n) is 4.85. The predicted molar refractivity (Wildman–Crippen MR) is 91.5 cm³/mol. The standard InChI is InChI=1S/C17H17NO6S/c1-22-12-6-11(7-13(8-12)23-2)17(21)18-9-16(20)24-10-14(19)15-4-3-5-25-15/h3-8H,9-10H2,1-2H3,(H,18,21).